The topological polar surface area (TPSA) is 46.6 Å². The molecule has 2 aliphatic rings. The molecule has 0 amide bonds. The van der Waals surface area contributed by atoms with Crippen molar-refractivity contribution in [2.45, 2.75) is 32.2 Å². The maximum atomic E-state index is 10.7. The highest BCUT2D eigenvalue weighted by atomic mass is 16.4. The molecule has 4 heteroatoms. The summed E-state index contributed by atoms with van der Waals surface area (Å²) in [6.07, 6.45) is 4.77. The number of carboxylic acid groups (broad SMARTS) is 1. The molecule has 0 aliphatic carbocycles. The second-order valence-corrected chi connectivity index (χ2v) is 6.91. The summed E-state index contributed by atoms with van der Waals surface area (Å²) in [5, 5.41) is 10.7. The zero-order valence-corrected chi connectivity index (χ0v) is 13.2. The van der Waals surface area contributed by atoms with Crippen LogP contribution in [0.1, 0.15) is 31.2 Å². The van der Waals surface area contributed by atoms with E-state index in [1.54, 1.807) is 0 Å². The molecular formula is C18H25N2O2-. The Kier molecular flexibility index (Phi) is 4.79. The van der Waals surface area contributed by atoms with Crippen molar-refractivity contribution < 1.29 is 9.90 Å². The smallest absolute Gasteiger partial charge is 0.0555 e. The van der Waals surface area contributed by atoms with E-state index in [4.69, 9.17) is 0 Å². The molecule has 0 bridgehead atoms. The van der Waals surface area contributed by atoms with Crippen LogP contribution in [0.5, 0.6) is 0 Å². The Bertz CT molecular complexity index is 485. The number of rotatable bonds is 4. The minimum atomic E-state index is -0.950. The second kappa shape index (κ2) is 6.80. The van der Waals surface area contributed by atoms with Crippen LogP contribution in [0.3, 0.4) is 0 Å². The fraction of sp³-hybridized carbons (Fsp3) is 0.611. The van der Waals surface area contributed by atoms with E-state index < -0.39 is 5.97 Å². The standard InChI is InChI=1S/C18H26N2O2/c21-17(22)15-20-12-8-18(9-13-20)6-10-19(11-7-18)14-16-4-2-1-3-5-16/h1-5H,6-15H2,(H,21,22)/p-1. The average Bonchev–Trinajstić information content (AvgIpc) is 2.53. The summed E-state index contributed by atoms with van der Waals surface area (Å²) in [4.78, 5) is 15.3. The monoisotopic (exact) mass is 301 g/mol. The lowest BCUT2D eigenvalue weighted by Crippen LogP contribution is -2.49. The van der Waals surface area contributed by atoms with Gasteiger partial charge in [-0.05, 0) is 62.8 Å². The van der Waals surface area contributed by atoms with Gasteiger partial charge in [-0.3, -0.25) is 9.80 Å². The van der Waals surface area contributed by atoms with Gasteiger partial charge in [0.25, 0.3) is 0 Å². The Morgan fingerprint density at radius 2 is 1.50 bits per heavy atom. The number of carbonyl (C=O) groups is 1. The van der Waals surface area contributed by atoms with Gasteiger partial charge in [-0.15, -0.1) is 0 Å². The van der Waals surface area contributed by atoms with E-state index in [0.717, 1.165) is 45.6 Å². The number of carbonyl (C=O) groups excluding carboxylic acids is 1. The van der Waals surface area contributed by atoms with Gasteiger partial charge in [-0.1, -0.05) is 30.3 Å². The maximum absolute atomic E-state index is 10.7. The van der Waals surface area contributed by atoms with E-state index in [2.05, 4.69) is 35.2 Å². The minimum absolute atomic E-state index is 0.0935. The van der Waals surface area contributed by atoms with Crippen molar-refractivity contribution in [3.8, 4) is 0 Å². The van der Waals surface area contributed by atoms with Crippen LogP contribution in [-0.2, 0) is 11.3 Å². The van der Waals surface area contributed by atoms with E-state index in [-0.39, 0.29) is 6.54 Å². The molecule has 0 unspecified atom stereocenters. The highest BCUT2D eigenvalue weighted by molar-refractivity contribution is 5.66. The molecule has 0 N–H and O–H groups in total. The third kappa shape index (κ3) is 3.87. The molecule has 1 aromatic carbocycles. The quantitative estimate of drug-likeness (QED) is 0.836. The maximum Gasteiger partial charge on any atom is 0.0555 e. The minimum Gasteiger partial charge on any atom is -0.549 e. The Hall–Kier alpha value is -1.39. The van der Waals surface area contributed by atoms with Crippen molar-refractivity contribution in [1.29, 1.82) is 0 Å². The number of benzene rings is 1. The Balaban J connectivity index is 1.47. The summed E-state index contributed by atoms with van der Waals surface area (Å²) in [5.74, 6) is -0.950. The Morgan fingerprint density at radius 3 is 2.05 bits per heavy atom. The average molecular weight is 301 g/mol. The van der Waals surface area contributed by atoms with E-state index in [9.17, 15) is 9.90 Å². The van der Waals surface area contributed by atoms with Gasteiger partial charge in [0.2, 0.25) is 0 Å². The Morgan fingerprint density at radius 1 is 0.955 bits per heavy atom. The molecule has 2 aliphatic heterocycles. The van der Waals surface area contributed by atoms with Crippen LogP contribution < -0.4 is 5.11 Å². The highest BCUT2D eigenvalue weighted by Crippen LogP contribution is 2.41. The van der Waals surface area contributed by atoms with Crippen molar-refractivity contribution in [3.05, 3.63) is 35.9 Å². The molecular weight excluding hydrogens is 276 g/mol. The number of carboxylic acids is 1. The Labute approximate surface area is 132 Å². The van der Waals surface area contributed by atoms with Gasteiger partial charge >= 0.3 is 0 Å². The molecule has 120 valence electrons. The summed E-state index contributed by atoms with van der Waals surface area (Å²) >= 11 is 0. The first-order valence-corrected chi connectivity index (χ1v) is 8.34. The summed E-state index contributed by atoms with van der Waals surface area (Å²) in [6.45, 7) is 5.29. The molecule has 2 heterocycles. The molecule has 3 rings (SSSR count). The first-order chi connectivity index (χ1) is 10.7. The van der Waals surface area contributed by atoms with Gasteiger partial charge in [0.05, 0.1) is 5.97 Å². The fourth-order valence-corrected chi connectivity index (χ4v) is 3.90. The molecule has 2 saturated heterocycles. The molecule has 4 nitrogen and oxygen atoms in total. The van der Waals surface area contributed by atoms with E-state index in [0.29, 0.717) is 5.41 Å². The van der Waals surface area contributed by atoms with Crippen molar-refractivity contribution in [1.82, 2.24) is 9.80 Å². The van der Waals surface area contributed by atoms with Crippen LogP contribution in [0.2, 0.25) is 0 Å². The van der Waals surface area contributed by atoms with Crippen LogP contribution in [0.15, 0.2) is 30.3 Å². The lowest BCUT2D eigenvalue weighted by Gasteiger charge is -2.47. The fourth-order valence-electron chi connectivity index (χ4n) is 3.90. The summed E-state index contributed by atoms with van der Waals surface area (Å²) in [5.41, 5.74) is 1.84. The van der Waals surface area contributed by atoms with Crippen LogP contribution in [0.4, 0.5) is 0 Å². The third-order valence-electron chi connectivity index (χ3n) is 5.44. The largest absolute Gasteiger partial charge is 0.549 e. The first-order valence-electron chi connectivity index (χ1n) is 8.34. The first kappa shape index (κ1) is 15.5. The summed E-state index contributed by atoms with van der Waals surface area (Å²) in [6, 6.07) is 10.7. The SMILES string of the molecule is O=C([O-])CN1CCC2(CC1)CCN(Cc1ccccc1)CC2. The third-order valence-corrected chi connectivity index (χ3v) is 5.44. The number of likely N-dealkylation sites (tertiary alicyclic amines) is 2. The zero-order valence-electron chi connectivity index (χ0n) is 13.2. The van der Waals surface area contributed by atoms with Crippen molar-refractivity contribution in [3.63, 3.8) is 0 Å². The van der Waals surface area contributed by atoms with Crippen molar-refractivity contribution >= 4 is 5.97 Å². The summed E-state index contributed by atoms with van der Waals surface area (Å²) in [7, 11) is 0. The molecule has 0 saturated carbocycles. The van der Waals surface area contributed by atoms with Crippen LogP contribution in [0, 0.1) is 5.41 Å². The van der Waals surface area contributed by atoms with Gasteiger partial charge in [-0.25, -0.2) is 0 Å². The van der Waals surface area contributed by atoms with Crippen molar-refractivity contribution in [2.75, 3.05) is 32.7 Å². The van der Waals surface area contributed by atoms with Gasteiger partial charge in [-0.2, -0.15) is 0 Å². The molecule has 0 atom stereocenters. The molecule has 0 radical (unpaired) electrons. The van der Waals surface area contributed by atoms with Crippen LogP contribution in [-0.4, -0.2) is 48.5 Å². The molecule has 0 aromatic heterocycles. The lowest BCUT2D eigenvalue weighted by molar-refractivity contribution is -0.306. The lowest BCUT2D eigenvalue weighted by atomic mass is 9.71. The number of piperidine rings is 2. The number of hydrogen-bond acceptors (Lipinski definition) is 4. The number of hydrogen-bond donors (Lipinski definition) is 0. The summed E-state index contributed by atoms with van der Waals surface area (Å²) < 4.78 is 0. The van der Waals surface area contributed by atoms with E-state index >= 15 is 0 Å². The van der Waals surface area contributed by atoms with Gasteiger partial charge < -0.3 is 9.90 Å². The van der Waals surface area contributed by atoms with Crippen LogP contribution in [0.25, 0.3) is 0 Å². The molecule has 1 aromatic rings. The molecule has 1 spiro atoms. The number of nitrogens with zero attached hydrogens (tertiary/aromatic N) is 2. The molecule has 22 heavy (non-hydrogen) atoms. The zero-order chi connectivity index (χ0) is 15.4. The van der Waals surface area contributed by atoms with Gasteiger partial charge in [0.15, 0.2) is 0 Å². The van der Waals surface area contributed by atoms with E-state index in [1.165, 1.54) is 18.4 Å². The second-order valence-electron chi connectivity index (χ2n) is 6.91. The highest BCUT2D eigenvalue weighted by Gasteiger charge is 2.37. The predicted octanol–water partition coefficient (Wildman–Crippen LogP) is 1.11. The van der Waals surface area contributed by atoms with Gasteiger partial charge in [0.1, 0.15) is 0 Å². The normalized spacial score (nSPS) is 22.7. The predicted molar refractivity (Wildman–Crippen MR) is 84.1 cm³/mol. The number of aliphatic carboxylic acids is 1. The van der Waals surface area contributed by atoms with E-state index in [1.807, 2.05) is 4.90 Å². The van der Waals surface area contributed by atoms with Crippen molar-refractivity contribution in [2.24, 2.45) is 5.41 Å². The van der Waals surface area contributed by atoms with Gasteiger partial charge in [0, 0.05) is 13.1 Å². The van der Waals surface area contributed by atoms with Crippen LogP contribution >= 0.6 is 0 Å². The molecule has 2 fully saturated rings.